The number of nitrogens with one attached hydrogen (secondary N) is 1. The first-order chi connectivity index (χ1) is 6.88. The maximum absolute atomic E-state index is 11.5. The number of carbonyl (C=O) groups is 1. The molecule has 0 aromatic carbocycles. The number of aromatic nitrogens is 1. The van der Waals surface area contributed by atoms with Crippen molar-refractivity contribution in [1.82, 2.24) is 5.16 Å². The second kappa shape index (κ2) is 3.92. The highest BCUT2D eigenvalue weighted by Gasteiger charge is 2.29. The smallest absolute Gasteiger partial charge is 0.372 e. The predicted molar refractivity (Wildman–Crippen MR) is 54.0 cm³/mol. The third-order valence-electron chi connectivity index (χ3n) is 1.93. The molecule has 0 bridgehead atoms. The summed E-state index contributed by atoms with van der Waals surface area (Å²) in [7, 11) is 0. The van der Waals surface area contributed by atoms with Crippen LogP contribution in [-0.4, -0.2) is 17.7 Å². The van der Waals surface area contributed by atoms with Gasteiger partial charge in [-0.15, -0.1) is 0 Å². The Hall–Kier alpha value is -1.52. The lowest BCUT2D eigenvalue weighted by Gasteiger charge is -2.16. The van der Waals surface area contributed by atoms with Gasteiger partial charge in [-0.1, -0.05) is 20.8 Å². The molecular formula is C10H15NO4. The van der Waals surface area contributed by atoms with E-state index in [4.69, 9.17) is 4.74 Å². The number of hydrogen-bond donors (Lipinski definition) is 1. The Bertz CT molecular complexity index is 408. The zero-order valence-electron chi connectivity index (χ0n) is 9.34. The van der Waals surface area contributed by atoms with Gasteiger partial charge in [0.25, 0.3) is 0 Å². The van der Waals surface area contributed by atoms with E-state index in [1.54, 1.807) is 6.92 Å². The van der Waals surface area contributed by atoms with Crippen molar-refractivity contribution in [3.63, 3.8) is 0 Å². The first kappa shape index (κ1) is 11.6. The molecule has 0 spiro atoms. The molecule has 1 aromatic heterocycles. The van der Waals surface area contributed by atoms with Gasteiger partial charge >= 0.3 is 11.6 Å². The third kappa shape index (κ3) is 2.29. The van der Waals surface area contributed by atoms with Crippen LogP contribution in [-0.2, 0) is 10.2 Å². The molecule has 0 amide bonds. The molecule has 84 valence electrons. The fraction of sp³-hybridized carbons (Fsp3) is 0.600. The first-order valence-electron chi connectivity index (χ1n) is 4.77. The average Bonchev–Trinajstić information content (AvgIpc) is 2.46. The molecule has 0 radical (unpaired) electrons. The first-order valence-corrected chi connectivity index (χ1v) is 4.77. The molecule has 5 nitrogen and oxygen atoms in total. The minimum atomic E-state index is -0.682. The Morgan fingerprint density at radius 3 is 2.53 bits per heavy atom. The van der Waals surface area contributed by atoms with E-state index in [0.29, 0.717) is 5.69 Å². The molecule has 0 aliphatic carbocycles. The molecule has 0 saturated heterocycles. The number of aromatic amines is 1. The molecule has 1 heterocycles. The molecule has 0 atom stereocenters. The van der Waals surface area contributed by atoms with Crippen molar-refractivity contribution in [3.05, 3.63) is 21.7 Å². The normalized spacial score (nSPS) is 11.5. The van der Waals surface area contributed by atoms with E-state index in [1.165, 1.54) is 0 Å². The van der Waals surface area contributed by atoms with Gasteiger partial charge in [-0.2, -0.15) is 0 Å². The zero-order valence-corrected chi connectivity index (χ0v) is 9.34. The fourth-order valence-electron chi connectivity index (χ4n) is 1.22. The monoisotopic (exact) mass is 213 g/mol. The van der Waals surface area contributed by atoms with Crippen molar-refractivity contribution in [1.29, 1.82) is 0 Å². The summed E-state index contributed by atoms with van der Waals surface area (Å²) in [5, 5.41) is 2.46. The van der Waals surface area contributed by atoms with Gasteiger partial charge in [0.2, 0.25) is 0 Å². The summed E-state index contributed by atoms with van der Waals surface area (Å²) >= 11 is 0. The SMILES string of the molecule is CCOC(=O)c1c(C(C)(C)C)[nH]oc1=O. The number of H-pyrrole nitrogens is 1. The van der Waals surface area contributed by atoms with Crippen LogP contribution in [0.15, 0.2) is 9.32 Å². The molecule has 0 aliphatic rings. The maximum Gasteiger partial charge on any atom is 0.372 e. The molecule has 0 aliphatic heterocycles. The molecule has 0 fully saturated rings. The third-order valence-corrected chi connectivity index (χ3v) is 1.93. The fourth-order valence-corrected chi connectivity index (χ4v) is 1.22. The Kier molecular flexibility index (Phi) is 3.02. The number of ether oxygens (including phenoxy) is 1. The zero-order chi connectivity index (χ0) is 11.6. The molecule has 1 N–H and O–H groups in total. The topological polar surface area (TPSA) is 72.3 Å². The van der Waals surface area contributed by atoms with E-state index in [1.807, 2.05) is 20.8 Å². The van der Waals surface area contributed by atoms with Gasteiger partial charge in [-0.3, -0.25) is 0 Å². The van der Waals surface area contributed by atoms with E-state index < -0.39 is 11.6 Å². The second-order valence-corrected chi connectivity index (χ2v) is 4.21. The standard InChI is InChI=1S/C10H15NO4/c1-5-14-8(12)6-7(10(2,3)4)11-15-9(6)13/h11H,5H2,1-4H3. The molecule has 15 heavy (non-hydrogen) atoms. The number of esters is 1. The van der Waals surface area contributed by atoms with Crippen LogP contribution in [0.1, 0.15) is 43.7 Å². The van der Waals surface area contributed by atoms with Gasteiger partial charge in [0.15, 0.2) is 5.56 Å². The Morgan fingerprint density at radius 1 is 1.47 bits per heavy atom. The van der Waals surface area contributed by atoms with E-state index in [-0.39, 0.29) is 17.6 Å². The van der Waals surface area contributed by atoms with Gasteiger partial charge in [-0.25, -0.2) is 14.7 Å². The van der Waals surface area contributed by atoms with Crippen LogP contribution in [0, 0.1) is 0 Å². The van der Waals surface area contributed by atoms with E-state index in [0.717, 1.165) is 0 Å². The largest absolute Gasteiger partial charge is 0.462 e. The number of hydrogen-bond acceptors (Lipinski definition) is 4. The summed E-state index contributed by atoms with van der Waals surface area (Å²) < 4.78 is 9.39. The summed E-state index contributed by atoms with van der Waals surface area (Å²) in [6, 6.07) is 0. The van der Waals surface area contributed by atoms with Crippen LogP contribution < -0.4 is 5.63 Å². The van der Waals surface area contributed by atoms with Crippen molar-refractivity contribution >= 4 is 5.97 Å². The summed E-state index contributed by atoms with van der Waals surface area (Å²) in [5.74, 6) is -0.641. The second-order valence-electron chi connectivity index (χ2n) is 4.21. The van der Waals surface area contributed by atoms with Crippen LogP contribution in [0.3, 0.4) is 0 Å². The van der Waals surface area contributed by atoms with Crippen LogP contribution in [0.2, 0.25) is 0 Å². The predicted octanol–water partition coefficient (Wildman–Crippen LogP) is 1.44. The Morgan fingerprint density at radius 2 is 2.07 bits per heavy atom. The van der Waals surface area contributed by atoms with Crippen molar-refractivity contribution in [2.45, 2.75) is 33.1 Å². The lowest BCUT2D eigenvalue weighted by molar-refractivity contribution is 0.0521. The Labute approximate surface area is 87.4 Å². The summed E-state index contributed by atoms with van der Waals surface area (Å²) in [5.41, 5.74) is -0.623. The van der Waals surface area contributed by atoms with Crippen molar-refractivity contribution in [2.75, 3.05) is 6.61 Å². The summed E-state index contributed by atoms with van der Waals surface area (Å²) in [6.07, 6.45) is 0. The van der Waals surface area contributed by atoms with Crippen molar-refractivity contribution in [2.24, 2.45) is 0 Å². The van der Waals surface area contributed by atoms with Gasteiger partial charge in [0, 0.05) is 5.41 Å². The highest BCUT2D eigenvalue weighted by Crippen LogP contribution is 2.22. The van der Waals surface area contributed by atoms with Crippen LogP contribution in [0.4, 0.5) is 0 Å². The van der Waals surface area contributed by atoms with Crippen molar-refractivity contribution in [3.8, 4) is 0 Å². The van der Waals surface area contributed by atoms with Gasteiger partial charge in [0.05, 0.1) is 12.3 Å². The molecule has 1 rings (SSSR count). The minimum Gasteiger partial charge on any atom is -0.462 e. The van der Waals surface area contributed by atoms with Crippen molar-refractivity contribution < 1.29 is 14.1 Å². The van der Waals surface area contributed by atoms with Crippen LogP contribution in [0.5, 0.6) is 0 Å². The number of rotatable bonds is 2. The summed E-state index contributed by atoms with van der Waals surface area (Å²) in [4.78, 5) is 22.8. The van der Waals surface area contributed by atoms with Crippen LogP contribution in [0.25, 0.3) is 0 Å². The number of carbonyl (C=O) groups excluding carboxylic acids is 1. The molecular weight excluding hydrogens is 198 g/mol. The van der Waals surface area contributed by atoms with E-state index in [9.17, 15) is 9.59 Å². The van der Waals surface area contributed by atoms with Gasteiger partial charge < -0.3 is 9.26 Å². The highest BCUT2D eigenvalue weighted by atomic mass is 16.5. The van der Waals surface area contributed by atoms with Crippen LogP contribution >= 0.6 is 0 Å². The Balaban J connectivity index is 3.22. The molecule has 1 aromatic rings. The molecule has 5 heteroatoms. The lowest BCUT2D eigenvalue weighted by atomic mass is 9.89. The van der Waals surface area contributed by atoms with E-state index >= 15 is 0 Å². The highest BCUT2D eigenvalue weighted by molar-refractivity contribution is 5.90. The van der Waals surface area contributed by atoms with Gasteiger partial charge in [-0.05, 0) is 6.92 Å². The summed E-state index contributed by atoms with van der Waals surface area (Å²) in [6.45, 7) is 7.53. The molecule has 0 unspecified atom stereocenters. The molecule has 0 saturated carbocycles. The van der Waals surface area contributed by atoms with Gasteiger partial charge in [0.1, 0.15) is 0 Å². The average molecular weight is 213 g/mol. The minimum absolute atomic E-state index is 0.0376. The quantitative estimate of drug-likeness (QED) is 0.754. The van der Waals surface area contributed by atoms with E-state index in [2.05, 4.69) is 9.68 Å². The lowest BCUT2D eigenvalue weighted by Crippen LogP contribution is -2.21. The maximum atomic E-state index is 11.5.